The van der Waals surface area contributed by atoms with Crippen LogP contribution in [0.25, 0.3) is 43.1 Å². The monoisotopic (exact) mass is 1410 g/mol. The van der Waals surface area contributed by atoms with E-state index in [0.29, 0.717) is 49.3 Å². The van der Waals surface area contributed by atoms with Gasteiger partial charge in [0.25, 0.3) is 23.6 Å². The maximum Gasteiger partial charge on any atom is 0.262 e. The standard InChI is InChI=1S/C84H90N6O14/c1-43-29-47(81(5,6)7)17-21-57(43)101-61-33-53-69-54(78(96)89(77(53)95)39-67(93)85-27-25-65(91)87-37-51-41-99-51)35-63(103-59-23-19-49(31-45(59)3)83(11,12)13)73-74-64(104-60-24-20-50(32-46(60)4)84(14,15)16)36-56-70-55(79(97)90(80(56)98)40-68(94)86-28-26-66(92)88-38-52-42-100-52)34-62(72(76(70)74)71(61)75(69)73)102-58-22-18-48(30-44(58)2)82(8,9)10/h17-24,29-36,51-52H,25-28,37-42H2,1-16H3,(H,85,93)(H,86,94)(H,87,91)(H,88,92). The highest BCUT2D eigenvalue weighted by atomic mass is 16.6. The highest BCUT2D eigenvalue weighted by molar-refractivity contribution is 6.45. The van der Waals surface area contributed by atoms with Crippen LogP contribution in [0.1, 0.15) is 182 Å². The average molecular weight is 1410 g/mol. The Morgan fingerprint density at radius 1 is 0.356 bits per heavy atom. The van der Waals surface area contributed by atoms with Crippen LogP contribution in [0.2, 0.25) is 0 Å². The van der Waals surface area contributed by atoms with Gasteiger partial charge >= 0.3 is 0 Å². The molecule has 9 aromatic carbocycles. The molecule has 0 aromatic heterocycles. The number of carbonyl (C=O) groups excluding carboxylic acids is 8. The molecular weight excluding hydrogens is 1320 g/mol. The topological polar surface area (TPSA) is 253 Å². The van der Waals surface area contributed by atoms with Crippen LogP contribution in [-0.4, -0.2) is 122 Å². The van der Waals surface area contributed by atoms with Crippen LogP contribution in [0.15, 0.2) is 97.1 Å². The quantitative estimate of drug-likeness (QED) is 0.0213. The van der Waals surface area contributed by atoms with E-state index >= 15 is 19.2 Å². The lowest BCUT2D eigenvalue weighted by molar-refractivity contribution is -0.124. The zero-order chi connectivity index (χ0) is 74.5. The zero-order valence-corrected chi connectivity index (χ0v) is 62.1. The highest BCUT2D eigenvalue weighted by Crippen LogP contribution is 2.58. The van der Waals surface area contributed by atoms with E-state index in [1.54, 1.807) is 24.3 Å². The van der Waals surface area contributed by atoms with Gasteiger partial charge in [0, 0.05) is 82.1 Å². The van der Waals surface area contributed by atoms with Crippen LogP contribution in [0, 0.1) is 27.7 Å². The molecule has 2 saturated heterocycles. The molecule has 4 aliphatic heterocycles. The van der Waals surface area contributed by atoms with Crippen LogP contribution in [-0.2, 0) is 50.3 Å². The van der Waals surface area contributed by atoms with Gasteiger partial charge in [0.05, 0.1) is 47.7 Å². The number of amides is 8. The normalized spacial score (nSPS) is 15.8. The zero-order valence-electron chi connectivity index (χ0n) is 62.1. The summed E-state index contributed by atoms with van der Waals surface area (Å²) in [5, 5.41) is 13.1. The lowest BCUT2D eigenvalue weighted by atomic mass is 9.80. The van der Waals surface area contributed by atoms with E-state index in [0.717, 1.165) is 54.3 Å². The number of ether oxygens (including phenoxy) is 6. The van der Waals surface area contributed by atoms with Crippen molar-refractivity contribution in [3.8, 4) is 46.0 Å². The summed E-state index contributed by atoms with van der Waals surface area (Å²) < 4.78 is 40.0. The van der Waals surface area contributed by atoms with Gasteiger partial charge in [0.2, 0.25) is 23.6 Å². The number of benzene rings is 9. The van der Waals surface area contributed by atoms with E-state index in [-0.39, 0.29) is 160 Å². The number of fused-ring (bicyclic) bond motifs is 2. The minimum Gasteiger partial charge on any atom is -0.456 e. The van der Waals surface area contributed by atoms with E-state index in [1.807, 2.05) is 100 Å². The van der Waals surface area contributed by atoms with Crippen LogP contribution in [0.4, 0.5) is 0 Å². The summed E-state index contributed by atoms with van der Waals surface area (Å²) in [7, 11) is 0. The molecule has 540 valence electrons. The molecule has 4 aliphatic rings. The van der Waals surface area contributed by atoms with E-state index < -0.39 is 48.5 Å². The van der Waals surface area contributed by atoms with Crippen molar-refractivity contribution in [1.29, 1.82) is 0 Å². The number of carbonyl (C=O) groups is 8. The molecule has 9 aromatic rings. The predicted octanol–water partition coefficient (Wildman–Crippen LogP) is 14.6. The van der Waals surface area contributed by atoms with Gasteiger partial charge in [0.15, 0.2) is 0 Å². The predicted molar refractivity (Wildman–Crippen MR) is 399 cm³/mol. The molecule has 0 radical (unpaired) electrons. The summed E-state index contributed by atoms with van der Waals surface area (Å²) >= 11 is 0. The van der Waals surface area contributed by atoms with E-state index in [1.165, 1.54) is 0 Å². The van der Waals surface area contributed by atoms with Gasteiger partial charge < -0.3 is 49.7 Å². The highest BCUT2D eigenvalue weighted by Gasteiger charge is 2.43. The second-order valence-electron chi connectivity index (χ2n) is 32.1. The van der Waals surface area contributed by atoms with Crippen molar-refractivity contribution < 1.29 is 66.8 Å². The van der Waals surface area contributed by atoms with Crippen molar-refractivity contribution >= 4 is 90.3 Å². The average Bonchev–Trinajstić information content (AvgIpc) is 1.03. The smallest absolute Gasteiger partial charge is 0.262 e. The maximum atomic E-state index is 15.9. The fraction of sp³-hybridized carbons (Fsp3) is 0.381. The first-order valence-corrected chi connectivity index (χ1v) is 35.6. The molecule has 8 amide bonds. The number of hydrogen-bond acceptors (Lipinski definition) is 14. The van der Waals surface area contributed by atoms with Gasteiger partial charge in [0.1, 0.15) is 59.1 Å². The van der Waals surface area contributed by atoms with Crippen LogP contribution >= 0.6 is 0 Å². The summed E-state index contributed by atoms with van der Waals surface area (Å²) in [5.41, 5.74) is 5.83. The van der Waals surface area contributed by atoms with Crippen molar-refractivity contribution in [2.75, 3.05) is 52.5 Å². The summed E-state index contributed by atoms with van der Waals surface area (Å²) in [5.74, 6) is -3.45. The molecule has 4 heterocycles. The summed E-state index contributed by atoms with van der Waals surface area (Å²) in [6.45, 7) is 33.1. The number of hydrogen-bond donors (Lipinski definition) is 4. The van der Waals surface area contributed by atoms with Crippen molar-refractivity contribution in [2.24, 2.45) is 0 Å². The van der Waals surface area contributed by atoms with E-state index in [2.05, 4.69) is 104 Å². The fourth-order valence-electron chi connectivity index (χ4n) is 13.6. The Morgan fingerprint density at radius 3 is 0.827 bits per heavy atom. The number of epoxide rings is 2. The molecule has 2 unspecified atom stereocenters. The van der Waals surface area contributed by atoms with Gasteiger partial charge in [-0.2, -0.15) is 0 Å². The fourth-order valence-corrected chi connectivity index (χ4v) is 13.6. The minimum atomic E-state index is -0.829. The van der Waals surface area contributed by atoms with Gasteiger partial charge in [-0.15, -0.1) is 0 Å². The molecule has 2 fully saturated rings. The van der Waals surface area contributed by atoms with Crippen molar-refractivity contribution in [1.82, 2.24) is 31.1 Å². The van der Waals surface area contributed by atoms with Gasteiger partial charge in [-0.05, 0) is 142 Å². The number of nitrogens with one attached hydrogen (secondary N) is 4. The lowest BCUT2D eigenvalue weighted by Crippen LogP contribution is -2.46. The lowest BCUT2D eigenvalue weighted by Gasteiger charge is -2.32. The van der Waals surface area contributed by atoms with Gasteiger partial charge in [-0.1, -0.05) is 132 Å². The molecule has 20 nitrogen and oxygen atoms in total. The summed E-state index contributed by atoms with van der Waals surface area (Å²) in [6, 6.07) is 29.8. The Labute approximate surface area is 605 Å². The molecular formula is C84H90N6O14. The molecule has 0 aliphatic carbocycles. The first kappa shape index (κ1) is 71.9. The third-order valence-corrected chi connectivity index (χ3v) is 19.9. The second-order valence-corrected chi connectivity index (χ2v) is 32.1. The van der Waals surface area contributed by atoms with Crippen LogP contribution < -0.4 is 40.2 Å². The maximum absolute atomic E-state index is 15.9. The Morgan fingerprint density at radius 2 is 0.606 bits per heavy atom. The second kappa shape index (κ2) is 27.0. The van der Waals surface area contributed by atoms with Crippen molar-refractivity contribution in [3.63, 3.8) is 0 Å². The summed E-state index contributed by atoms with van der Waals surface area (Å²) in [6.07, 6.45) is -0.245. The molecule has 4 N–H and O–H groups in total. The van der Waals surface area contributed by atoms with Crippen molar-refractivity contribution in [3.05, 3.63) is 164 Å². The van der Waals surface area contributed by atoms with E-state index in [4.69, 9.17) is 28.4 Å². The van der Waals surface area contributed by atoms with Crippen LogP contribution in [0.3, 0.4) is 0 Å². The third-order valence-electron chi connectivity index (χ3n) is 19.9. The molecule has 20 heteroatoms. The molecule has 13 rings (SSSR count). The number of imide groups is 2. The molecule has 0 saturated carbocycles. The SMILES string of the molecule is Cc1cc(C(C)(C)C)ccc1Oc1cc2c3c(cc(Oc4ccc(C(C)(C)C)cc4C)c4c5c(Oc6ccc(C(C)(C)C)cc6C)cc6c7c(cc(Oc8ccc(C(C)(C)C)cc8C)c(c1c34)c75)C(=O)N(CC(=O)NCCC(=O)NCC1CO1)C6=O)C(=O)N(CC(=O)NCCC(=O)NCC1CO1)C2=O. The van der Waals surface area contributed by atoms with E-state index in [9.17, 15) is 19.2 Å². The molecule has 0 spiro atoms. The number of aryl methyl sites for hydroxylation is 4. The number of rotatable bonds is 22. The molecule has 0 bridgehead atoms. The molecule has 2 atom stereocenters. The molecule has 104 heavy (non-hydrogen) atoms. The third kappa shape index (κ3) is 14.2. The summed E-state index contributed by atoms with van der Waals surface area (Å²) in [4.78, 5) is 120. The van der Waals surface area contributed by atoms with Crippen LogP contribution in [0.5, 0.6) is 46.0 Å². The van der Waals surface area contributed by atoms with Gasteiger partial charge in [-0.3, -0.25) is 48.2 Å². The minimum absolute atomic E-state index is 0.0146. The largest absolute Gasteiger partial charge is 0.456 e. The number of nitrogens with zero attached hydrogens (tertiary/aromatic N) is 2. The Hall–Kier alpha value is -10.4. The first-order chi connectivity index (χ1) is 49.0. The Balaban J connectivity index is 1.13. The Bertz CT molecular complexity index is 4540. The van der Waals surface area contributed by atoms with Gasteiger partial charge in [-0.25, -0.2) is 0 Å². The first-order valence-electron chi connectivity index (χ1n) is 35.6. The Kier molecular flexibility index (Phi) is 18.7. The van der Waals surface area contributed by atoms with Crippen molar-refractivity contribution in [2.45, 2.75) is 157 Å².